The van der Waals surface area contributed by atoms with Gasteiger partial charge < -0.3 is 14.7 Å². The van der Waals surface area contributed by atoms with Crippen LogP contribution in [0.15, 0.2) is 30.3 Å². The maximum absolute atomic E-state index is 12.3. The smallest absolute Gasteiger partial charge is 0.410 e. The number of ether oxygens (including phenoxy) is 1. The number of carboxylic acid groups (broad SMARTS) is 1. The number of carbonyl (C=O) groups excluding carboxylic acids is 1. The number of aryl methyl sites for hydroxylation is 1. The number of hydrogen-bond donors (Lipinski definition) is 1. The highest BCUT2D eigenvalue weighted by atomic mass is 16.6. The van der Waals surface area contributed by atoms with E-state index in [9.17, 15) is 9.59 Å². The molecule has 1 aromatic carbocycles. The van der Waals surface area contributed by atoms with E-state index in [0.29, 0.717) is 25.9 Å². The minimum absolute atomic E-state index is 0.341. The van der Waals surface area contributed by atoms with Crippen LogP contribution >= 0.6 is 0 Å². The molecule has 1 aliphatic rings. The Hall–Kier alpha value is -2.04. The molecule has 0 spiro atoms. The summed E-state index contributed by atoms with van der Waals surface area (Å²) >= 11 is 0. The molecule has 1 saturated heterocycles. The Morgan fingerprint density at radius 3 is 2.39 bits per heavy atom. The van der Waals surface area contributed by atoms with Crippen molar-refractivity contribution in [2.45, 2.75) is 45.1 Å². The summed E-state index contributed by atoms with van der Waals surface area (Å²) in [6.45, 7) is 4.73. The molecule has 1 fully saturated rings. The number of rotatable bonds is 5. The summed E-state index contributed by atoms with van der Waals surface area (Å²) in [4.78, 5) is 24.8. The Bertz CT molecular complexity index is 533. The molecule has 0 atom stereocenters. The quantitative estimate of drug-likeness (QED) is 0.904. The van der Waals surface area contributed by atoms with Crippen LogP contribution in [-0.4, -0.2) is 40.8 Å². The van der Waals surface area contributed by atoms with Gasteiger partial charge in [-0.1, -0.05) is 30.3 Å². The van der Waals surface area contributed by atoms with Gasteiger partial charge in [-0.15, -0.1) is 0 Å². The van der Waals surface area contributed by atoms with E-state index < -0.39 is 11.6 Å². The first kappa shape index (κ1) is 17.3. The Morgan fingerprint density at radius 2 is 1.83 bits per heavy atom. The first-order valence-corrected chi connectivity index (χ1v) is 8.12. The zero-order valence-electron chi connectivity index (χ0n) is 13.8. The molecule has 0 unspecified atom stereocenters. The Kier molecular flexibility index (Phi) is 5.64. The van der Waals surface area contributed by atoms with E-state index in [0.717, 1.165) is 12.8 Å². The summed E-state index contributed by atoms with van der Waals surface area (Å²) in [5.41, 5.74) is 0.676. The number of nitrogens with zero attached hydrogens (tertiary/aromatic N) is 1. The second-order valence-electron chi connectivity index (χ2n) is 6.71. The van der Waals surface area contributed by atoms with E-state index in [1.54, 1.807) is 4.90 Å². The number of piperidine rings is 1. The van der Waals surface area contributed by atoms with Gasteiger partial charge in [0, 0.05) is 13.1 Å². The van der Waals surface area contributed by atoms with E-state index in [1.165, 1.54) is 5.56 Å². The molecule has 0 aromatic heterocycles. The van der Waals surface area contributed by atoms with Crippen LogP contribution in [0.2, 0.25) is 0 Å². The normalized spacial score (nSPS) is 16.2. The highest BCUT2D eigenvalue weighted by Crippen LogP contribution is 2.22. The monoisotopic (exact) mass is 319 g/mol. The number of aliphatic carboxylic acids is 1. The molecule has 0 radical (unpaired) electrons. The lowest BCUT2D eigenvalue weighted by Gasteiger charge is -2.33. The lowest BCUT2D eigenvalue weighted by atomic mass is 9.97. The number of likely N-dealkylation sites (tertiary alicyclic amines) is 1. The predicted molar refractivity (Wildman–Crippen MR) is 87.3 cm³/mol. The minimum atomic E-state index is -0.777. The Morgan fingerprint density at radius 1 is 1.22 bits per heavy atom. The van der Waals surface area contributed by atoms with Crippen LogP contribution in [0.25, 0.3) is 0 Å². The number of carbonyl (C=O) groups is 2. The van der Waals surface area contributed by atoms with E-state index >= 15 is 0 Å². The fraction of sp³-hybridized carbons (Fsp3) is 0.556. The van der Waals surface area contributed by atoms with Crippen molar-refractivity contribution < 1.29 is 19.4 Å². The first-order chi connectivity index (χ1) is 10.9. The van der Waals surface area contributed by atoms with Gasteiger partial charge in [0.2, 0.25) is 0 Å². The molecule has 1 amide bonds. The van der Waals surface area contributed by atoms with Crippen LogP contribution in [-0.2, 0) is 16.0 Å². The maximum atomic E-state index is 12.3. The topological polar surface area (TPSA) is 66.8 Å². The number of carboxylic acids is 1. The fourth-order valence-corrected chi connectivity index (χ4v) is 2.75. The van der Waals surface area contributed by atoms with Gasteiger partial charge in [-0.2, -0.15) is 0 Å². The summed E-state index contributed by atoms with van der Waals surface area (Å²) in [6.07, 6.45) is 2.24. The molecule has 0 aliphatic carbocycles. The predicted octanol–water partition coefficient (Wildman–Crippen LogP) is 3.33. The maximum Gasteiger partial charge on any atom is 0.410 e. The molecular formula is C18H25NO4. The van der Waals surface area contributed by atoms with E-state index in [1.807, 2.05) is 32.0 Å². The van der Waals surface area contributed by atoms with Gasteiger partial charge in [0.05, 0.1) is 5.92 Å². The van der Waals surface area contributed by atoms with Crippen LogP contribution in [0, 0.1) is 5.92 Å². The van der Waals surface area contributed by atoms with Gasteiger partial charge >= 0.3 is 12.1 Å². The fourth-order valence-electron chi connectivity index (χ4n) is 2.75. The third-order valence-corrected chi connectivity index (χ3v) is 4.32. The SMILES string of the molecule is CC(C)(CCc1ccccc1)OC(=O)N1CCC(C(=O)O)CC1. The molecule has 1 heterocycles. The highest BCUT2D eigenvalue weighted by Gasteiger charge is 2.31. The van der Waals surface area contributed by atoms with E-state index in [-0.39, 0.29) is 12.0 Å². The summed E-state index contributed by atoms with van der Waals surface area (Å²) < 4.78 is 5.63. The summed E-state index contributed by atoms with van der Waals surface area (Å²) in [5, 5.41) is 8.99. The Balaban J connectivity index is 1.80. The standard InChI is InChI=1S/C18H25NO4/c1-18(2,11-8-14-6-4-3-5-7-14)23-17(22)19-12-9-15(10-13-19)16(20)21/h3-7,15H,8-13H2,1-2H3,(H,20,21). The van der Waals surface area contributed by atoms with Crippen LogP contribution in [0.5, 0.6) is 0 Å². The average Bonchev–Trinajstić information content (AvgIpc) is 2.54. The zero-order chi connectivity index (χ0) is 16.9. The van der Waals surface area contributed by atoms with Gasteiger partial charge in [0.1, 0.15) is 5.60 Å². The van der Waals surface area contributed by atoms with Crippen LogP contribution in [0.3, 0.4) is 0 Å². The van der Waals surface area contributed by atoms with Crippen LogP contribution in [0.1, 0.15) is 38.7 Å². The molecule has 2 rings (SSSR count). The molecule has 0 bridgehead atoms. The molecule has 126 valence electrons. The van der Waals surface area contributed by atoms with Crippen molar-refractivity contribution in [3.8, 4) is 0 Å². The van der Waals surface area contributed by atoms with Crippen molar-refractivity contribution in [1.82, 2.24) is 4.90 Å². The zero-order valence-corrected chi connectivity index (χ0v) is 13.8. The second-order valence-corrected chi connectivity index (χ2v) is 6.71. The summed E-state index contributed by atoms with van der Waals surface area (Å²) in [7, 11) is 0. The van der Waals surface area contributed by atoms with Gasteiger partial charge in [-0.05, 0) is 45.1 Å². The summed E-state index contributed by atoms with van der Waals surface area (Å²) in [6, 6.07) is 10.1. The van der Waals surface area contributed by atoms with Crippen molar-refractivity contribution in [1.29, 1.82) is 0 Å². The molecule has 1 aliphatic heterocycles. The molecule has 5 nitrogen and oxygen atoms in total. The molecular weight excluding hydrogens is 294 g/mol. The molecule has 1 N–H and O–H groups in total. The largest absolute Gasteiger partial charge is 0.481 e. The van der Waals surface area contributed by atoms with E-state index in [2.05, 4.69) is 12.1 Å². The van der Waals surface area contributed by atoms with Crippen LogP contribution in [0.4, 0.5) is 4.79 Å². The van der Waals surface area contributed by atoms with Gasteiger partial charge in [-0.3, -0.25) is 4.79 Å². The highest BCUT2D eigenvalue weighted by molar-refractivity contribution is 5.71. The summed E-state index contributed by atoms with van der Waals surface area (Å²) in [5.74, 6) is -1.12. The van der Waals surface area contributed by atoms with Crippen molar-refractivity contribution >= 4 is 12.1 Å². The Labute approximate surface area is 137 Å². The molecule has 0 saturated carbocycles. The van der Waals surface area contributed by atoms with Crippen molar-refractivity contribution in [2.24, 2.45) is 5.92 Å². The number of hydrogen-bond acceptors (Lipinski definition) is 3. The minimum Gasteiger partial charge on any atom is -0.481 e. The molecule has 5 heteroatoms. The lowest BCUT2D eigenvalue weighted by molar-refractivity contribution is -0.143. The van der Waals surface area contributed by atoms with Crippen LogP contribution < -0.4 is 0 Å². The van der Waals surface area contributed by atoms with Crippen molar-refractivity contribution in [3.05, 3.63) is 35.9 Å². The molecule has 23 heavy (non-hydrogen) atoms. The van der Waals surface area contributed by atoms with Crippen molar-refractivity contribution in [2.75, 3.05) is 13.1 Å². The van der Waals surface area contributed by atoms with Gasteiger partial charge in [-0.25, -0.2) is 4.79 Å². The second kappa shape index (κ2) is 7.49. The van der Waals surface area contributed by atoms with Crippen molar-refractivity contribution in [3.63, 3.8) is 0 Å². The molecule has 1 aromatic rings. The number of amides is 1. The third kappa shape index (κ3) is 5.27. The van der Waals surface area contributed by atoms with E-state index in [4.69, 9.17) is 9.84 Å². The lowest BCUT2D eigenvalue weighted by Crippen LogP contribution is -2.43. The van der Waals surface area contributed by atoms with Gasteiger partial charge in [0.15, 0.2) is 0 Å². The number of benzene rings is 1. The average molecular weight is 319 g/mol. The van der Waals surface area contributed by atoms with Gasteiger partial charge in [0.25, 0.3) is 0 Å². The first-order valence-electron chi connectivity index (χ1n) is 8.12. The third-order valence-electron chi connectivity index (χ3n) is 4.32.